The molecule has 0 N–H and O–H groups in total. The first-order valence-electron chi connectivity index (χ1n) is 15.4. The van der Waals surface area contributed by atoms with E-state index in [4.69, 9.17) is 23.7 Å². The van der Waals surface area contributed by atoms with Crippen LogP contribution in [-0.4, -0.2) is 42.6 Å². The molecule has 2 aliphatic rings. The molecular weight excluding hydrogens is 552 g/mol. The lowest BCUT2D eigenvalue weighted by Crippen LogP contribution is -2.56. The quantitative estimate of drug-likeness (QED) is 0.154. The first-order valence-corrected chi connectivity index (χ1v) is 15.4. The highest BCUT2D eigenvalue weighted by molar-refractivity contribution is 5.96. The van der Waals surface area contributed by atoms with Crippen LogP contribution < -0.4 is 0 Å². The molecule has 0 bridgehead atoms. The largest absolute Gasteiger partial charge is 0.374 e. The number of carbonyl (C=O) groups excluding carboxylic acids is 1. The molecule has 44 heavy (non-hydrogen) atoms. The molecule has 0 aliphatic carbocycles. The van der Waals surface area contributed by atoms with E-state index in [0.29, 0.717) is 38.4 Å². The Bertz CT molecular complexity index is 1450. The van der Waals surface area contributed by atoms with E-state index in [9.17, 15) is 4.79 Å². The zero-order valence-electron chi connectivity index (χ0n) is 25.1. The first kappa shape index (κ1) is 30.4. The van der Waals surface area contributed by atoms with Crippen LogP contribution in [0.15, 0.2) is 121 Å². The summed E-state index contributed by atoms with van der Waals surface area (Å²) in [6, 6.07) is 39.7. The van der Waals surface area contributed by atoms with E-state index in [1.54, 1.807) is 0 Å². The van der Waals surface area contributed by atoms with Gasteiger partial charge < -0.3 is 23.7 Å². The normalized spacial score (nSPS) is 26.2. The molecule has 228 valence electrons. The lowest BCUT2D eigenvalue weighted by atomic mass is 9.83. The fraction of sp³-hybridized carbons (Fsp3) is 0.342. The molecule has 0 saturated carbocycles. The highest BCUT2D eigenvalue weighted by Gasteiger charge is 2.56. The number of carbonyl (C=O) groups is 1. The predicted octanol–water partition coefficient (Wildman–Crippen LogP) is 7.17. The van der Waals surface area contributed by atoms with Crippen molar-refractivity contribution in [3.63, 3.8) is 0 Å². The molecule has 6 heteroatoms. The molecule has 6 nitrogen and oxygen atoms in total. The molecule has 0 radical (unpaired) electrons. The Balaban J connectivity index is 1.24. The molecule has 4 aromatic carbocycles. The van der Waals surface area contributed by atoms with Crippen molar-refractivity contribution in [1.29, 1.82) is 0 Å². The lowest BCUT2D eigenvalue weighted by molar-refractivity contribution is -0.291. The summed E-state index contributed by atoms with van der Waals surface area (Å²) in [5, 5.41) is 0. The third-order valence-corrected chi connectivity index (χ3v) is 8.43. The minimum absolute atomic E-state index is 0.0492. The summed E-state index contributed by atoms with van der Waals surface area (Å²) >= 11 is 0. The monoisotopic (exact) mass is 592 g/mol. The van der Waals surface area contributed by atoms with Crippen LogP contribution >= 0.6 is 0 Å². The minimum atomic E-state index is -0.708. The Morgan fingerprint density at radius 2 is 1.20 bits per heavy atom. The number of hydrogen-bond acceptors (Lipinski definition) is 6. The van der Waals surface area contributed by atoms with E-state index in [1.807, 2.05) is 104 Å². The molecule has 2 fully saturated rings. The number of ketones is 1. The van der Waals surface area contributed by atoms with Gasteiger partial charge in [0.05, 0.1) is 38.1 Å². The number of hydrogen-bond donors (Lipinski definition) is 0. The van der Waals surface area contributed by atoms with Gasteiger partial charge in [0.1, 0.15) is 12.2 Å². The van der Waals surface area contributed by atoms with Gasteiger partial charge in [-0.05, 0) is 30.0 Å². The van der Waals surface area contributed by atoms with Gasteiger partial charge in [0.15, 0.2) is 12.1 Å². The summed E-state index contributed by atoms with van der Waals surface area (Å²) in [5.41, 5.74) is 3.21. The molecule has 6 rings (SSSR count). The Kier molecular flexibility index (Phi) is 9.96. The van der Waals surface area contributed by atoms with Crippen LogP contribution in [0.4, 0.5) is 0 Å². The summed E-state index contributed by atoms with van der Waals surface area (Å²) in [4.78, 5) is 13.3. The Hall–Kier alpha value is -3.65. The van der Waals surface area contributed by atoms with Crippen molar-refractivity contribution in [3.8, 4) is 0 Å². The molecule has 0 aromatic heterocycles. The van der Waals surface area contributed by atoms with Gasteiger partial charge in [-0.25, -0.2) is 0 Å². The number of fused-ring (bicyclic) bond motifs is 1. The molecule has 2 heterocycles. The van der Waals surface area contributed by atoms with Crippen LogP contribution in [0.2, 0.25) is 0 Å². The minimum Gasteiger partial charge on any atom is -0.374 e. The van der Waals surface area contributed by atoms with Crippen LogP contribution in [0.25, 0.3) is 0 Å². The maximum atomic E-state index is 13.3. The number of Topliss-reactive ketones (excluding diaryl/α,β-unsaturated/α-hetero) is 1. The fourth-order valence-electron chi connectivity index (χ4n) is 6.25. The second-order valence-corrected chi connectivity index (χ2v) is 12.0. The molecule has 2 aliphatic heterocycles. The number of ether oxygens (including phenoxy) is 5. The summed E-state index contributed by atoms with van der Waals surface area (Å²) in [6.07, 6.45) is -0.867. The van der Waals surface area contributed by atoms with Crippen LogP contribution in [0.3, 0.4) is 0 Å². The van der Waals surface area contributed by atoms with Gasteiger partial charge in [-0.2, -0.15) is 0 Å². The zero-order valence-corrected chi connectivity index (χ0v) is 25.1. The van der Waals surface area contributed by atoms with Crippen LogP contribution in [-0.2, 0) is 43.5 Å². The summed E-state index contributed by atoms with van der Waals surface area (Å²) < 4.78 is 32.9. The lowest BCUT2D eigenvalue weighted by Gasteiger charge is -2.43. The van der Waals surface area contributed by atoms with E-state index in [1.165, 1.54) is 0 Å². The van der Waals surface area contributed by atoms with Crippen molar-refractivity contribution in [2.45, 2.75) is 69.8 Å². The molecule has 4 aromatic rings. The number of rotatable bonds is 13. The van der Waals surface area contributed by atoms with Gasteiger partial charge in [0.25, 0.3) is 0 Å². The van der Waals surface area contributed by atoms with Gasteiger partial charge in [-0.3, -0.25) is 4.79 Å². The second kappa shape index (κ2) is 14.4. The van der Waals surface area contributed by atoms with Crippen molar-refractivity contribution in [2.24, 2.45) is 5.92 Å². The van der Waals surface area contributed by atoms with Crippen molar-refractivity contribution in [1.82, 2.24) is 0 Å². The van der Waals surface area contributed by atoms with Gasteiger partial charge >= 0.3 is 0 Å². The highest BCUT2D eigenvalue weighted by Crippen LogP contribution is 2.46. The van der Waals surface area contributed by atoms with E-state index >= 15 is 0 Å². The van der Waals surface area contributed by atoms with Crippen LogP contribution in [0, 0.1) is 5.92 Å². The summed E-state index contributed by atoms with van der Waals surface area (Å²) in [6.45, 7) is 3.62. The maximum Gasteiger partial charge on any atom is 0.165 e. The van der Waals surface area contributed by atoms with E-state index < -0.39 is 24.1 Å². The van der Waals surface area contributed by atoms with Crippen LogP contribution in [0.5, 0.6) is 0 Å². The van der Waals surface area contributed by atoms with Crippen LogP contribution in [0.1, 0.15) is 46.8 Å². The number of benzene rings is 4. The molecule has 2 saturated heterocycles. The van der Waals surface area contributed by atoms with E-state index in [-0.39, 0.29) is 24.2 Å². The van der Waals surface area contributed by atoms with Gasteiger partial charge in [-0.1, -0.05) is 121 Å². The van der Waals surface area contributed by atoms with Gasteiger partial charge in [-0.15, -0.1) is 0 Å². The first-order chi connectivity index (χ1) is 21.6. The average molecular weight is 593 g/mol. The van der Waals surface area contributed by atoms with E-state index in [2.05, 4.69) is 24.3 Å². The third-order valence-electron chi connectivity index (χ3n) is 8.43. The standard InChI is InChI=1S/C38H40O6/c1-38(23-33(39)31-20-12-5-13-21-31)22-32-35(41-25-29-16-8-3-9-17-29)36(42-26-30-18-10-4-11-19-30)34(43-37(32)44-38)27-40-24-28-14-6-2-7-15-28/h2-21,32,34-37H,22-27H2,1H3/t32-,34-,35-,36-,37-,38-/m1/s1. The molecule has 0 amide bonds. The smallest absolute Gasteiger partial charge is 0.165 e. The SMILES string of the molecule is C[C@]1(CC(=O)c2ccccc2)C[C@H]2[C@H](O[C@H](COCc3ccccc3)[C@@H](OCc3ccccc3)[C@@H]2OCc2ccccc2)O1. The maximum absolute atomic E-state index is 13.3. The third kappa shape index (κ3) is 7.70. The predicted molar refractivity (Wildman–Crippen MR) is 168 cm³/mol. The Morgan fingerprint density at radius 1 is 0.705 bits per heavy atom. The van der Waals surface area contributed by atoms with Gasteiger partial charge in [0.2, 0.25) is 0 Å². The molecular formula is C38H40O6. The molecule has 6 atom stereocenters. The Morgan fingerprint density at radius 3 is 1.77 bits per heavy atom. The Labute approximate surface area is 259 Å². The van der Waals surface area contributed by atoms with Crippen molar-refractivity contribution >= 4 is 5.78 Å². The fourth-order valence-corrected chi connectivity index (χ4v) is 6.25. The highest BCUT2D eigenvalue weighted by atomic mass is 16.7. The molecule has 0 unspecified atom stereocenters. The second-order valence-electron chi connectivity index (χ2n) is 12.0. The van der Waals surface area contributed by atoms with Crippen molar-refractivity contribution < 1.29 is 28.5 Å². The topological polar surface area (TPSA) is 63.2 Å². The molecule has 0 spiro atoms. The van der Waals surface area contributed by atoms with Gasteiger partial charge in [0, 0.05) is 17.9 Å². The summed E-state index contributed by atoms with van der Waals surface area (Å²) in [5.74, 6) is -0.0773. The zero-order chi connectivity index (χ0) is 30.2. The van der Waals surface area contributed by atoms with Crippen molar-refractivity contribution in [2.75, 3.05) is 6.61 Å². The van der Waals surface area contributed by atoms with E-state index in [0.717, 1.165) is 16.7 Å². The van der Waals surface area contributed by atoms with Crippen molar-refractivity contribution in [3.05, 3.63) is 144 Å². The summed E-state index contributed by atoms with van der Waals surface area (Å²) in [7, 11) is 0. The average Bonchev–Trinajstić information content (AvgIpc) is 3.40.